The van der Waals surface area contributed by atoms with Gasteiger partial charge >= 0.3 is 0 Å². The monoisotopic (exact) mass is 931 g/mol. The second-order valence-electron chi connectivity index (χ2n) is 17.5. The molecule has 2 aromatic carbocycles. The van der Waals surface area contributed by atoms with Crippen LogP contribution in [0.5, 0.6) is 0 Å². The molecule has 0 spiro atoms. The Balaban J connectivity index is 1.02. The number of aliphatic imine (C=N–C) groups is 1. The number of rotatable bonds is 24. The number of nitrogens with one attached hydrogen (secondary N) is 5. The van der Waals surface area contributed by atoms with Crippen molar-refractivity contribution in [2.75, 3.05) is 88.8 Å². The minimum absolute atomic E-state index is 0.0602. The van der Waals surface area contributed by atoms with Gasteiger partial charge in [0.2, 0.25) is 35.4 Å². The van der Waals surface area contributed by atoms with Crippen molar-refractivity contribution >= 4 is 64.4 Å². The Hall–Kier alpha value is -6.00. The molecule has 3 heterocycles. The molecule has 0 unspecified atom stereocenters. The zero-order chi connectivity index (χ0) is 48.3. The number of amides is 7. The van der Waals surface area contributed by atoms with Crippen molar-refractivity contribution in [1.82, 2.24) is 36.0 Å². The Morgan fingerprint density at radius 3 is 2.07 bits per heavy atom. The van der Waals surface area contributed by atoms with E-state index in [1.54, 1.807) is 11.0 Å². The highest BCUT2D eigenvalue weighted by molar-refractivity contribution is 6.18. The van der Waals surface area contributed by atoms with Gasteiger partial charge in [-0.2, -0.15) is 0 Å². The molecule has 2 saturated heterocycles. The lowest BCUT2D eigenvalue weighted by Crippen LogP contribution is -2.58. The van der Waals surface area contributed by atoms with Crippen LogP contribution in [-0.2, 0) is 28.8 Å². The van der Waals surface area contributed by atoms with Crippen LogP contribution >= 0.6 is 0 Å². The maximum atomic E-state index is 13.9. The van der Waals surface area contributed by atoms with Crippen molar-refractivity contribution in [1.29, 1.82) is 0 Å². The van der Waals surface area contributed by atoms with Gasteiger partial charge in [-0.3, -0.25) is 63.9 Å². The van der Waals surface area contributed by atoms with Gasteiger partial charge < -0.3 is 43.8 Å². The minimum Gasteiger partial charge on any atom is -0.370 e. The molecule has 21 nitrogen and oxygen atoms in total. The number of carbonyl (C=O) groups is 7. The van der Waals surface area contributed by atoms with E-state index in [1.165, 1.54) is 0 Å². The molecule has 67 heavy (non-hydrogen) atoms. The Bertz CT molecular complexity index is 2050. The van der Waals surface area contributed by atoms with E-state index in [9.17, 15) is 33.6 Å². The summed E-state index contributed by atoms with van der Waals surface area (Å²) < 4.78 is 0. The van der Waals surface area contributed by atoms with Crippen LogP contribution in [0.25, 0.3) is 0 Å². The van der Waals surface area contributed by atoms with Gasteiger partial charge in [0.05, 0.1) is 47.7 Å². The topological polar surface area (TPSA) is 309 Å². The first-order valence-corrected chi connectivity index (χ1v) is 23.4. The molecule has 0 aliphatic carbocycles. The van der Waals surface area contributed by atoms with Gasteiger partial charge in [0.1, 0.15) is 6.04 Å². The molecule has 0 aromatic heterocycles. The molecule has 0 radical (unpaired) electrons. The van der Waals surface area contributed by atoms with E-state index in [0.717, 1.165) is 78.4 Å². The summed E-state index contributed by atoms with van der Waals surface area (Å²) in [5, 5.41) is 13.7. The van der Waals surface area contributed by atoms with Crippen LogP contribution in [0.3, 0.4) is 0 Å². The largest absolute Gasteiger partial charge is 0.370 e. The molecule has 13 N–H and O–H groups in total. The summed E-state index contributed by atoms with van der Waals surface area (Å²) >= 11 is 0. The highest BCUT2D eigenvalue weighted by Crippen LogP contribution is 2.38. The molecule has 21 heteroatoms. The van der Waals surface area contributed by atoms with Gasteiger partial charge in [-0.05, 0) is 108 Å². The highest BCUT2D eigenvalue weighted by Gasteiger charge is 2.33. The van der Waals surface area contributed by atoms with Gasteiger partial charge in [0, 0.05) is 52.7 Å². The fourth-order valence-electron chi connectivity index (χ4n) is 8.81. The molecule has 7 amide bonds. The standard InChI is InChI=1S/C46H70N14O7/c1-31(61)53-45(67)37(29-40(48)62)56-44(66)36(13-7-19-52-46(49)50)54-35(12-6-18-47)43(65)51-20-24-58-27-25-57(26-28-58)21-8-9-32-16-22-59(23-17-32)30-41(63)60-38-14-4-2-10-33(38)42(64)55-34-11-3-5-15-39(34)60/h2-5,10-11,14-15,32,35-37,54H,6-9,12-13,16-30,47H2,1H3,(H2,48,62)(H,51,65)(H,55,64)(H,56,66)(H4,49,50,52)(H,53,61,67)/t35-,36+,37+/m1/s1. The number of piperidine rings is 1. The summed E-state index contributed by atoms with van der Waals surface area (Å²) in [6.07, 6.45) is 5.11. The number of hydrogen-bond acceptors (Lipinski definition) is 13. The molecule has 3 aliphatic heterocycles. The normalized spacial score (nSPS) is 17.1. The Kier molecular flexibility index (Phi) is 20.5. The summed E-state index contributed by atoms with van der Waals surface area (Å²) in [6, 6.07) is 11.4. The van der Waals surface area contributed by atoms with Crippen molar-refractivity contribution in [2.45, 2.75) is 82.8 Å². The lowest BCUT2D eigenvalue weighted by Gasteiger charge is -2.36. The number of carbonyl (C=O) groups excluding carboxylic acids is 7. The third-order valence-electron chi connectivity index (χ3n) is 12.4. The minimum atomic E-state index is -1.41. The number of nitrogens with two attached hydrogens (primary N) is 4. The summed E-state index contributed by atoms with van der Waals surface area (Å²) in [5.41, 5.74) is 24.4. The van der Waals surface area contributed by atoms with E-state index < -0.39 is 48.2 Å². The van der Waals surface area contributed by atoms with Crippen LogP contribution in [0.2, 0.25) is 0 Å². The summed E-state index contributed by atoms with van der Waals surface area (Å²) in [5.74, 6) is -3.20. The van der Waals surface area contributed by atoms with E-state index in [0.29, 0.717) is 67.4 Å². The highest BCUT2D eigenvalue weighted by atomic mass is 16.2. The van der Waals surface area contributed by atoms with Crippen molar-refractivity contribution in [2.24, 2.45) is 33.8 Å². The number of fused-ring (bicyclic) bond motifs is 2. The molecule has 3 atom stereocenters. The number of primary amides is 1. The number of likely N-dealkylation sites (tertiary alicyclic amines) is 1. The van der Waals surface area contributed by atoms with Crippen LogP contribution in [0, 0.1) is 5.92 Å². The van der Waals surface area contributed by atoms with Gasteiger partial charge in [0.25, 0.3) is 5.91 Å². The van der Waals surface area contributed by atoms with Gasteiger partial charge in [-0.1, -0.05) is 24.3 Å². The number of benzene rings is 2. The third kappa shape index (κ3) is 16.4. The lowest BCUT2D eigenvalue weighted by atomic mass is 9.92. The maximum absolute atomic E-state index is 13.9. The summed E-state index contributed by atoms with van der Waals surface area (Å²) in [7, 11) is 0. The average Bonchev–Trinajstić information content (AvgIpc) is 3.42. The van der Waals surface area contributed by atoms with E-state index in [-0.39, 0.29) is 43.2 Å². The number of anilines is 3. The SMILES string of the molecule is CC(=O)NC(=O)[C@H](CC(N)=O)NC(=O)[C@H](CCCN=C(N)N)N[C@H](CCCN)C(=O)NCCN1CCN(CCCC2CCN(CC(=O)N3c4ccccc4NC(=O)c4ccccc43)CC2)CC1. The first kappa shape index (κ1) is 52.0. The van der Waals surface area contributed by atoms with Crippen LogP contribution in [-0.4, -0.2) is 159 Å². The molecule has 3 aliphatic rings. The van der Waals surface area contributed by atoms with E-state index in [2.05, 4.69) is 46.3 Å². The zero-order valence-corrected chi connectivity index (χ0v) is 38.7. The Morgan fingerprint density at radius 2 is 1.40 bits per heavy atom. The first-order chi connectivity index (χ1) is 32.2. The van der Waals surface area contributed by atoms with Gasteiger partial charge in [-0.25, -0.2) is 0 Å². The molecular formula is C46H70N14O7. The van der Waals surface area contributed by atoms with E-state index in [4.69, 9.17) is 22.9 Å². The predicted molar refractivity (Wildman–Crippen MR) is 256 cm³/mol. The lowest BCUT2D eigenvalue weighted by molar-refractivity contribution is -0.136. The number of nitrogens with zero attached hydrogens (tertiary/aromatic N) is 5. The number of guanidine groups is 1. The fourth-order valence-corrected chi connectivity index (χ4v) is 8.81. The second kappa shape index (κ2) is 26.4. The second-order valence-corrected chi connectivity index (χ2v) is 17.5. The quantitative estimate of drug-likeness (QED) is 0.0357. The molecule has 0 bridgehead atoms. The van der Waals surface area contributed by atoms with Crippen molar-refractivity contribution in [3.05, 3.63) is 54.1 Å². The van der Waals surface area contributed by atoms with Gasteiger partial charge in [-0.15, -0.1) is 0 Å². The molecule has 5 rings (SSSR count). The average molecular weight is 931 g/mol. The van der Waals surface area contributed by atoms with Crippen molar-refractivity contribution in [3.8, 4) is 0 Å². The van der Waals surface area contributed by atoms with Crippen LogP contribution in [0.1, 0.15) is 75.1 Å². The number of hydrogen-bond donors (Lipinski definition) is 9. The van der Waals surface area contributed by atoms with Crippen molar-refractivity contribution < 1.29 is 33.6 Å². The Morgan fingerprint density at radius 1 is 0.761 bits per heavy atom. The third-order valence-corrected chi connectivity index (χ3v) is 12.4. The predicted octanol–water partition coefficient (Wildman–Crippen LogP) is -0.715. The number of piperazine rings is 1. The smallest absolute Gasteiger partial charge is 0.257 e. The molecular weight excluding hydrogens is 861 g/mol. The van der Waals surface area contributed by atoms with E-state index >= 15 is 0 Å². The fraction of sp³-hybridized carbons (Fsp3) is 0.565. The van der Waals surface area contributed by atoms with Crippen LogP contribution in [0.4, 0.5) is 17.1 Å². The summed E-state index contributed by atoms with van der Waals surface area (Å²) in [4.78, 5) is 103. The molecule has 2 aromatic rings. The molecule has 0 saturated carbocycles. The van der Waals surface area contributed by atoms with Crippen LogP contribution < -0.4 is 54.4 Å². The Labute approximate surface area is 392 Å². The molecule has 2 fully saturated rings. The van der Waals surface area contributed by atoms with Crippen LogP contribution in [0.15, 0.2) is 53.5 Å². The van der Waals surface area contributed by atoms with Gasteiger partial charge in [0.15, 0.2) is 5.96 Å². The summed E-state index contributed by atoms with van der Waals surface area (Å²) in [6.45, 7) is 9.29. The number of imide groups is 1. The number of para-hydroxylation sites is 3. The first-order valence-electron chi connectivity index (χ1n) is 23.4. The van der Waals surface area contributed by atoms with E-state index in [1.807, 2.05) is 42.5 Å². The van der Waals surface area contributed by atoms with Crippen molar-refractivity contribution in [3.63, 3.8) is 0 Å². The zero-order valence-electron chi connectivity index (χ0n) is 38.7. The maximum Gasteiger partial charge on any atom is 0.257 e. The molecule has 366 valence electrons.